The number of likely N-dealkylation sites (N-methyl/N-ethyl adjacent to an activating group) is 1. The van der Waals surface area contributed by atoms with Gasteiger partial charge in [0, 0.05) is 43.8 Å². The van der Waals surface area contributed by atoms with Crippen LogP contribution in [0.1, 0.15) is 42.7 Å². The first-order chi connectivity index (χ1) is 15.5. The van der Waals surface area contributed by atoms with E-state index in [0.717, 1.165) is 32.5 Å². The summed E-state index contributed by atoms with van der Waals surface area (Å²) in [6.45, 7) is 8.64. The Morgan fingerprint density at radius 3 is 2.94 bits per heavy atom. The lowest BCUT2D eigenvalue weighted by atomic mass is 10.1. The molecule has 1 unspecified atom stereocenters. The molecule has 3 aromatic heterocycles. The maximum atomic E-state index is 14.4. The number of aryl methyl sites for hydroxylation is 1. The van der Waals surface area contributed by atoms with Crippen molar-refractivity contribution in [3.8, 4) is 5.88 Å². The Balaban J connectivity index is 1.60. The molecule has 170 valence electrons. The van der Waals surface area contributed by atoms with E-state index in [1.807, 2.05) is 6.92 Å². The fourth-order valence-electron chi connectivity index (χ4n) is 4.01. The van der Waals surface area contributed by atoms with Crippen LogP contribution in [0.15, 0.2) is 24.7 Å². The Labute approximate surface area is 186 Å². The second kappa shape index (κ2) is 9.47. The van der Waals surface area contributed by atoms with Gasteiger partial charge in [0.15, 0.2) is 11.5 Å². The lowest BCUT2D eigenvalue weighted by Crippen LogP contribution is -2.46. The van der Waals surface area contributed by atoms with Crippen molar-refractivity contribution in [1.29, 1.82) is 0 Å². The second-order valence-electron chi connectivity index (χ2n) is 7.75. The van der Waals surface area contributed by atoms with Gasteiger partial charge in [-0.2, -0.15) is 4.98 Å². The number of aromatic nitrogens is 4. The first kappa shape index (κ1) is 21.9. The quantitative estimate of drug-likeness (QED) is 0.582. The highest BCUT2D eigenvalue weighted by molar-refractivity contribution is 6.05. The summed E-state index contributed by atoms with van der Waals surface area (Å²) >= 11 is 0. The largest absolute Gasteiger partial charge is 0.477 e. The second-order valence-corrected chi connectivity index (χ2v) is 7.75. The summed E-state index contributed by atoms with van der Waals surface area (Å²) in [5.41, 5.74) is 1.38. The van der Waals surface area contributed by atoms with Crippen molar-refractivity contribution in [3.63, 3.8) is 0 Å². The number of hydrogen-bond donors (Lipinski definition) is 2. The molecular formula is C22H28FN7O2. The van der Waals surface area contributed by atoms with Gasteiger partial charge in [-0.1, -0.05) is 0 Å². The van der Waals surface area contributed by atoms with Crippen molar-refractivity contribution in [2.45, 2.75) is 39.7 Å². The highest BCUT2D eigenvalue weighted by atomic mass is 19.1. The van der Waals surface area contributed by atoms with Crippen LogP contribution >= 0.6 is 0 Å². The zero-order chi connectivity index (χ0) is 22.7. The van der Waals surface area contributed by atoms with E-state index in [4.69, 9.17) is 4.74 Å². The monoisotopic (exact) mass is 441 g/mol. The number of piperidine rings is 1. The molecule has 4 heterocycles. The average Bonchev–Trinajstić information content (AvgIpc) is 3.16. The van der Waals surface area contributed by atoms with Crippen molar-refractivity contribution in [2.24, 2.45) is 0 Å². The number of carbonyl (C=O) groups is 1. The molecule has 0 saturated carbocycles. The summed E-state index contributed by atoms with van der Waals surface area (Å²) in [6.07, 6.45) is 6.92. The standard InChI is InChI=1S/C22H28FN7O2/c1-4-30(16-7-6-8-24-10-16)22-25-11-17(21(28-22)32-5-2)20(31)27-15-9-18(23)19-26-14(3)12-29(19)13-15/h9,11-13,16,24H,4-8,10H2,1-3H3,(H,27,31). The van der Waals surface area contributed by atoms with E-state index in [0.29, 0.717) is 23.9 Å². The minimum absolute atomic E-state index is 0.190. The van der Waals surface area contributed by atoms with Crippen LogP contribution in [0.25, 0.3) is 5.65 Å². The summed E-state index contributed by atoms with van der Waals surface area (Å²) in [5.74, 6) is -0.259. The molecule has 1 saturated heterocycles. The zero-order valence-electron chi connectivity index (χ0n) is 18.6. The van der Waals surface area contributed by atoms with Gasteiger partial charge in [0.1, 0.15) is 5.56 Å². The SMILES string of the molecule is CCOc1nc(N(CC)C2CCCNC2)ncc1C(=O)Nc1cc(F)c2nc(C)cn2c1. The number of imidazole rings is 1. The third-order valence-electron chi connectivity index (χ3n) is 5.46. The van der Waals surface area contributed by atoms with E-state index in [1.165, 1.54) is 12.3 Å². The summed E-state index contributed by atoms with van der Waals surface area (Å²) in [5, 5.41) is 6.12. The highest BCUT2D eigenvalue weighted by Gasteiger charge is 2.24. The van der Waals surface area contributed by atoms with Crippen LogP contribution < -0.4 is 20.3 Å². The van der Waals surface area contributed by atoms with E-state index >= 15 is 0 Å². The van der Waals surface area contributed by atoms with E-state index in [1.54, 1.807) is 23.7 Å². The maximum Gasteiger partial charge on any atom is 0.262 e. The molecule has 1 atom stereocenters. The lowest BCUT2D eigenvalue weighted by molar-refractivity contribution is 0.102. The van der Waals surface area contributed by atoms with Crippen LogP contribution in [0, 0.1) is 12.7 Å². The van der Waals surface area contributed by atoms with Crippen LogP contribution in [0.2, 0.25) is 0 Å². The molecule has 3 aromatic rings. The first-order valence-corrected chi connectivity index (χ1v) is 10.9. The number of amides is 1. The lowest BCUT2D eigenvalue weighted by Gasteiger charge is -2.34. The number of nitrogens with zero attached hydrogens (tertiary/aromatic N) is 5. The molecule has 1 amide bonds. The number of hydrogen-bond acceptors (Lipinski definition) is 7. The van der Waals surface area contributed by atoms with Crippen molar-refractivity contribution in [1.82, 2.24) is 24.7 Å². The Kier molecular flexibility index (Phi) is 6.50. The van der Waals surface area contributed by atoms with Gasteiger partial charge in [0.05, 0.1) is 18.0 Å². The molecular weight excluding hydrogens is 413 g/mol. The molecule has 1 aliphatic rings. The van der Waals surface area contributed by atoms with Gasteiger partial charge in [0.25, 0.3) is 5.91 Å². The van der Waals surface area contributed by atoms with Gasteiger partial charge in [-0.25, -0.2) is 14.4 Å². The molecule has 4 rings (SSSR count). The normalized spacial score (nSPS) is 16.2. The maximum absolute atomic E-state index is 14.4. The van der Waals surface area contributed by atoms with Crippen molar-refractivity contribution < 1.29 is 13.9 Å². The number of nitrogens with one attached hydrogen (secondary N) is 2. The molecule has 9 nitrogen and oxygen atoms in total. The third kappa shape index (κ3) is 4.50. The summed E-state index contributed by atoms with van der Waals surface area (Å²) < 4.78 is 21.6. The number of fused-ring (bicyclic) bond motifs is 1. The van der Waals surface area contributed by atoms with Gasteiger partial charge in [-0.05, 0) is 40.2 Å². The van der Waals surface area contributed by atoms with Crippen LogP contribution in [-0.4, -0.2) is 57.5 Å². The zero-order valence-corrected chi connectivity index (χ0v) is 18.6. The van der Waals surface area contributed by atoms with Gasteiger partial charge in [0.2, 0.25) is 11.8 Å². The minimum Gasteiger partial charge on any atom is -0.477 e. The number of carbonyl (C=O) groups excluding carboxylic acids is 1. The number of halogens is 1. The van der Waals surface area contributed by atoms with Gasteiger partial charge < -0.3 is 24.7 Å². The molecule has 2 N–H and O–H groups in total. The van der Waals surface area contributed by atoms with Crippen LogP contribution in [0.5, 0.6) is 5.88 Å². The smallest absolute Gasteiger partial charge is 0.262 e. The van der Waals surface area contributed by atoms with Crippen LogP contribution in [0.4, 0.5) is 16.0 Å². The van der Waals surface area contributed by atoms with E-state index in [2.05, 4.69) is 37.4 Å². The number of anilines is 2. The van der Waals surface area contributed by atoms with Crippen molar-refractivity contribution >= 4 is 23.2 Å². The average molecular weight is 442 g/mol. The third-order valence-corrected chi connectivity index (χ3v) is 5.46. The van der Waals surface area contributed by atoms with E-state index in [9.17, 15) is 9.18 Å². The topological polar surface area (TPSA) is 96.7 Å². The van der Waals surface area contributed by atoms with E-state index in [-0.39, 0.29) is 23.1 Å². The minimum atomic E-state index is -0.521. The van der Waals surface area contributed by atoms with Gasteiger partial charge >= 0.3 is 0 Å². The number of rotatable bonds is 7. The van der Waals surface area contributed by atoms with Gasteiger partial charge in [-0.3, -0.25) is 4.79 Å². The Bertz CT molecular complexity index is 1110. The van der Waals surface area contributed by atoms with Crippen LogP contribution in [-0.2, 0) is 0 Å². The van der Waals surface area contributed by atoms with Crippen molar-refractivity contribution in [3.05, 3.63) is 41.7 Å². The predicted molar refractivity (Wildman–Crippen MR) is 120 cm³/mol. The molecule has 0 aliphatic carbocycles. The van der Waals surface area contributed by atoms with Crippen LogP contribution in [0.3, 0.4) is 0 Å². The van der Waals surface area contributed by atoms with Gasteiger partial charge in [-0.15, -0.1) is 0 Å². The molecule has 0 aromatic carbocycles. The van der Waals surface area contributed by atoms with Crippen molar-refractivity contribution in [2.75, 3.05) is 36.5 Å². The molecule has 0 radical (unpaired) electrons. The fourth-order valence-corrected chi connectivity index (χ4v) is 4.01. The molecule has 0 bridgehead atoms. The number of ether oxygens (including phenoxy) is 1. The van der Waals surface area contributed by atoms with E-state index < -0.39 is 11.7 Å². The molecule has 1 fully saturated rings. The number of pyridine rings is 1. The Morgan fingerprint density at radius 2 is 2.22 bits per heavy atom. The highest BCUT2D eigenvalue weighted by Crippen LogP contribution is 2.24. The predicted octanol–water partition coefficient (Wildman–Crippen LogP) is 2.80. The summed E-state index contributed by atoms with van der Waals surface area (Å²) in [4.78, 5) is 28.2. The summed E-state index contributed by atoms with van der Waals surface area (Å²) in [7, 11) is 0. The summed E-state index contributed by atoms with van der Waals surface area (Å²) in [6, 6.07) is 1.53. The fraction of sp³-hybridized carbons (Fsp3) is 0.455. The Hall–Kier alpha value is -3.27. The Morgan fingerprint density at radius 1 is 1.38 bits per heavy atom. The first-order valence-electron chi connectivity index (χ1n) is 10.9. The molecule has 1 aliphatic heterocycles. The molecule has 32 heavy (non-hydrogen) atoms. The molecule has 10 heteroatoms. The molecule has 0 spiro atoms.